The highest BCUT2D eigenvalue weighted by Crippen LogP contribution is 2.32. The Labute approximate surface area is 131 Å². The first-order valence-electron chi connectivity index (χ1n) is 7.79. The number of nitrogens with zero attached hydrogens (tertiary/aromatic N) is 1. The summed E-state index contributed by atoms with van der Waals surface area (Å²) in [5, 5.41) is 0. The second-order valence-electron chi connectivity index (χ2n) is 6.10. The zero-order valence-electron chi connectivity index (χ0n) is 12.2. The fraction of sp³-hybridized carbons (Fsp3) is 0.588. The molecule has 3 rings (SSSR count). The zero-order valence-corrected chi connectivity index (χ0v) is 13.0. The second kappa shape index (κ2) is 6.80. The van der Waals surface area contributed by atoms with Crippen molar-refractivity contribution < 1.29 is 9.53 Å². The SMILES string of the molecule is O=C1CC(CCl)CN1C1CCCC1OCc1ccccc1. The van der Waals surface area contributed by atoms with E-state index in [1.165, 1.54) is 5.56 Å². The number of benzene rings is 1. The number of carbonyl (C=O) groups excluding carboxylic acids is 1. The van der Waals surface area contributed by atoms with Gasteiger partial charge in [-0.2, -0.15) is 0 Å². The number of halogens is 1. The van der Waals surface area contributed by atoms with E-state index < -0.39 is 0 Å². The third-order valence-corrected chi connectivity index (χ3v) is 5.02. The number of likely N-dealkylation sites (tertiary alicyclic amines) is 1. The summed E-state index contributed by atoms with van der Waals surface area (Å²) < 4.78 is 6.10. The van der Waals surface area contributed by atoms with Crippen LogP contribution in [-0.2, 0) is 16.1 Å². The Morgan fingerprint density at radius 2 is 2.05 bits per heavy atom. The molecule has 1 saturated heterocycles. The minimum Gasteiger partial charge on any atom is -0.371 e. The summed E-state index contributed by atoms with van der Waals surface area (Å²) in [5.74, 6) is 1.14. The number of carbonyl (C=O) groups is 1. The summed E-state index contributed by atoms with van der Waals surface area (Å²) in [5.41, 5.74) is 1.19. The van der Waals surface area contributed by atoms with E-state index in [1.807, 2.05) is 23.1 Å². The second-order valence-corrected chi connectivity index (χ2v) is 6.41. The average molecular weight is 308 g/mol. The first kappa shape index (κ1) is 14.9. The molecule has 3 atom stereocenters. The quantitative estimate of drug-likeness (QED) is 0.782. The predicted molar refractivity (Wildman–Crippen MR) is 83.2 cm³/mol. The normalized spacial score (nSPS) is 29.3. The van der Waals surface area contributed by atoms with E-state index in [-0.39, 0.29) is 18.1 Å². The summed E-state index contributed by atoms with van der Waals surface area (Å²) in [6.07, 6.45) is 4.01. The van der Waals surface area contributed by atoms with Gasteiger partial charge in [-0.05, 0) is 30.7 Å². The highest BCUT2D eigenvalue weighted by molar-refractivity contribution is 6.18. The maximum Gasteiger partial charge on any atom is 0.223 e. The van der Waals surface area contributed by atoms with E-state index in [0.717, 1.165) is 25.8 Å². The van der Waals surface area contributed by atoms with Gasteiger partial charge >= 0.3 is 0 Å². The van der Waals surface area contributed by atoms with Crippen LogP contribution in [-0.4, -0.2) is 35.4 Å². The molecule has 1 aromatic carbocycles. The molecule has 0 spiro atoms. The van der Waals surface area contributed by atoms with Crippen LogP contribution >= 0.6 is 11.6 Å². The highest BCUT2D eigenvalue weighted by Gasteiger charge is 2.40. The lowest BCUT2D eigenvalue weighted by Crippen LogP contribution is -2.42. The smallest absolute Gasteiger partial charge is 0.223 e. The topological polar surface area (TPSA) is 29.5 Å². The molecule has 1 heterocycles. The summed E-state index contributed by atoms with van der Waals surface area (Å²) in [6, 6.07) is 10.5. The molecule has 1 aliphatic carbocycles. The molecule has 0 N–H and O–H groups in total. The third-order valence-electron chi connectivity index (χ3n) is 4.58. The fourth-order valence-corrected chi connectivity index (χ4v) is 3.67. The number of alkyl halides is 1. The molecule has 114 valence electrons. The molecule has 0 bridgehead atoms. The Bertz CT molecular complexity index is 479. The van der Waals surface area contributed by atoms with Gasteiger partial charge in [0.1, 0.15) is 0 Å². The molecule has 21 heavy (non-hydrogen) atoms. The Balaban J connectivity index is 1.59. The van der Waals surface area contributed by atoms with Crippen LogP contribution in [0.4, 0.5) is 0 Å². The van der Waals surface area contributed by atoms with E-state index in [9.17, 15) is 4.79 Å². The Morgan fingerprint density at radius 3 is 2.76 bits per heavy atom. The number of rotatable bonds is 5. The van der Waals surface area contributed by atoms with Crippen molar-refractivity contribution in [2.45, 2.75) is 44.4 Å². The van der Waals surface area contributed by atoms with E-state index in [4.69, 9.17) is 16.3 Å². The van der Waals surface area contributed by atoms with Crippen LogP contribution in [0, 0.1) is 5.92 Å². The number of hydrogen-bond acceptors (Lipinski definition) is 2. The maximum absolute atomic E-state index is 12.2. The van der Waals surface area contributed by atoms with Crippen molar-refractivity contribution in [2.24, 2.45) is 5.92 Å². The summed E-state index contributed by atoms with van der Waals surface area (Å²) >= 11 is 5.91. The number of amides is 1. The van der Waals surface area contributed by atoms with E-state index in [0.29, 0.717) is 24.8 Å². The summed E-state index contributed by atoms with van der Waals surface area (Å²) in [4.78, 5) is 14.2. The van der Waals surface area contributed by atoms with Crippen LogP contribution in [0.2, 0.25) is 0 Å². The van der Waals surface area contributed by atoms with Crippen LogP contribution in [0.15, 0.2) is 30.3 Å². The minimum atomic E-state index is 0.170. The van der Waals surface area contributed by atoms with Gasteiger partial charge in [0, 0.05) is 18.8 Å². The number of hydrogen-bond donors (Lipinski definition) is 0. The standard InChI is InChI=1S/C17H22ClNO2/c18-10-14-9-17(20)19(11-14)15-7-4-8-16(15)21-12-13-5-2-1-3-6-13/h1-3,5-6,14-16H,4,7-12H2. The molecule has 4 heteroatoms. The highest BCUT2D eigenvalue weighted by atomic mass is 35.5. The third kappa shape index (κ3) is 3.41. The first-order chi connectivity index (χ1) is 10.3. The maximum atomic E-state index is 12.2. The lowest BCUT2D eigenvalue weighted by molar-refractivity contribution is -0.132. The first-order valence-corrected chi connectivity index (χ1v) is 8.32. The Morgan fingerprint density at radius 1 is 1.24 bits per heavy atom. The van der Waals surface area contributed by atoms with Crippen molar-refractivity contribution in [3.8, 4) is 0 Å². The molecule has 1 aliphatic heterocycles. The van der Waals surface area contributed by atoms with Crippen LogP contribution < -0.4 is 0 Å². The Hall–Kier alpha value is -1.06. The van der Waals surface area contributed by atoms with Gasteiger partial charge in [0.05, 0.1) is 18.8 Å². The van der Waals surface area contributed by atoms with Gasteiger partial charge in [-0.15, -0.1) is 11.6 Å². The molecule has 2 aliphatic rings. The Kier molecular flexibility index (Phi) is 4.81. The number of ether oxygens (including phenoxy) is 1. The zero-order chi connectivity index (χ0) is 14.7. The largest absolute Gasteiger partial charge is 0.371 e. The van der Waals surface area contributed by atoms with Gasteiger partial charge in [0.2, 0.25) is 5.91 Å². The molecule has 0 aromatic heterocycles. The minimum absolute atomic E-state index is 0.170. The molecule has 3 nitrogen and oxygen atoms in total. The van der Waals surface area contributed by atoms with Gasteiger partial charge in [0.15, 0.2) is 0 Å². The van der Waals surface area contributed by atoms with Crippen molar-refractivity contribution in [3.63, 3.8) is 0 Å². The van der Waals surface area contributed by atoms with Crippen LogP contribution in [0.1, 0.15) is 31.2 Å². The van der Waals surface area contributed by atoms with Gasteiger partial charge in [-0.25, -0.2) is 0 Å². The molecule has 1 saturated carbocycles. The lowest BCUT2D eigenvalue weighted by Gasteiger charge is -2.29. The fourth-order valence-electron chi connectivity index (χ4n) is 3.47. The predicted octanol–water partition coefficient (Wildman–Crippen LogP) is 3.21. The van der Waals surface area contributed by atoms with E-state index in [2.05, 4.69) is 12.1 Å². The monoisotopic (exact) mass is 307 g/mol. The van der Waals surface area contributed by atoms with Gasteiger partial charge < -0.3 is 9.64 Å². The summed E-state index contributed by atoms with van der Waals surface area (Å²) in [7, 11) is 0. The van der Waals surface area contributed by atoms with Crippen molar-refractivity contribution >= 4 is 17.5 Å². The average Bonchev–Trinajstić information content (AvgIpc) is 3.12. The van der Waals surface area contributed by atoms with Gasteiger partial charge in [-0.1, -0.05) is 30.3 Å². The molecular formula is C17H22ClNO2. The molecule has 1 aromatic rings. The van der Waals surface area contributed by atoms with E-state index >= 15 is 0 Å². The van der Waals surface area contributed by atoms with Crippen LogP contribution in [0.3, 0.4) is 0 Å². The van der Waals surface area contributed by atoms with Crippen molar-refractivity contribution in [1.29, 1.82) is 0 Å². The molecule has 2 fully saturated rings. The molecular weight excluding hydrogens is 286 g/mol. The van der Waals surface area contributed by atoms with Gasteiger partial charge in [0.25, 0.3) is 0 Å². The van der Waals surface area contributed by atoms with Crippen molar-refractivity contribution in [3.05, 3.63) is 35.9 Å². The van der Waals surface area contributed by atoms with Crippen molar-refractivity contribution in [2.75, 3.05) is 12.4 Å². The summed E-state index contributed by atoms with van der Waals surface area (Å²) in [6.45, 7) is 1.43. The van der Waals surface area contributed by atoms with Gasteiger partial charge in [-0.3, -0.25) is 4.79 Å². The van der Waals surface area contributed by atoms with E-state index in [1.54, 1.807) is 0 Å². The van der Waals surface area contributed by atoms with Crippen LogP contribution in [0.5, 0.6) is 0 Å². The molecule has 3 unspecified atom stereocenters. The molecule has 0 radical (unpaired) electrons. The van der Waals surface area contributed by atoms with Crippen molar-refractivity contribution in [1.82, 2.24) is 4.90 Å². The lowest BCUT2D eigenvalue weighted by atomic mass is 10.1. The van der Waals surface area contributed by atoms with Crippen LogP contribution in [0.25, 0.3) is 0 Å². The molecule has 1 amide bonds.